The van der Waals surface area contributed by atoms with E-state index in [9.17, 15) is 50.4 Å². The third-order valence-electron chi connectivity index (χ3n) is 9.79. The Kier molecular flexibility index (Phi) is 10.5. The van der Waals surface area contributed by atoms with Crippen molar-refractivity contribution in [2.24, 2.45) is 45.7 Å². The van der Waals surface area contributed by atoms with Gasteiger partial charge in [-0.3, -0.25) is 0 Å². The number of esters is 2. The number of aliphatic hydroxyl groups excluding tert-OH is 8. The Morgan fingerprint density at radius 3 is 1.38 bits per heavy atom. The van der Waals surface area contributed by atoms with E-state index >= 15 is 0 Å². The second kappa shape index (κ2) is 13.9. The number of fused-ring (bicyclic) bond motifs is 5. The van der Waals surface area contributed by atoms with Gasteiger partial charge in [-0.1, -0.05) is 0 Å². The van der Waals surface area contributed by atoms with Crippen molar-refractivity contribution in [2.45, 2.75) is 67.8 Å². The van der Waals surface area contributed by atoms with E-state index in [-0.39, 0.29) is 24.6 Å². The summed E-state index contributed by atoms with van der Waals surface area (Å²) < 4.78 is 32.7. The van der Waals surface area contributed by atoms with Crippen LogP contribution in [-0.2, 0) is 38.0 Å². The molecule has 2 aliphatic carbocycles. The Hall–Kier alpha value is -2.20. The van der Waals surface area contributed by atoms with Gasteiger partial charge in [0.1, 0.15) is 48.8 Å². The van der Waals surface area contributed by atoms with Crippen LogP contribution < -0.4 is 0 Å². The minimum atomic E-state index is -1.68. The van der Waals surface area contributed by atoms with Crippen molar-refractivity contribution in [1.29, 1.82) is 0 Å². The van der Waals surface area contributed by atoms with Crippen LogP contribution in [0.15, 0.2) is 10.2 Å². The summed E-state index contributed by atoms with van der Waals surface area (Å²) in [5.41, 5.74) is -0.0115. The minimum absolute atomic E-state index is 0.00575. The fourth-order valence-corrected chi connectivity index (χ4v) is 7.52. The van der Waals surface area contributed by atoms with Gasteiger partial charge in [-0.15, -0.1) is 10.2 Å². The number of hydrogen-bond donors (Lipinski definition) is 8. The first-order valence-corrected chi connectivity index (χ1v) is 14.6. The summed E-state index contributed by atoms with van der Waals surface area (Å²) >= 11 is 0. The lowest BCUT2D eigenvalue weighted by Crippen LogP contribution is -2.60. The smallest absolute Gasteiger partial charge is 0.354 e. The summed E-state index contributed by atoms with van der Waals surface area (Å²) in [6.45, 7) is -1.64. The van der Waals surface area contributed by atoms with Gasteiger partial charge in [0, 0.05) is 11.8 Å². The molecule has 16 atom stereocenters. The number of carbonyl (C=O) groups is 2. The monoisotopic (exact) mass is 648 g/mol. The second-order valence-corrected chi connectivity index (χ2v) is 12.0. The third kappa shape index (κ3) is 6.03. The Bertz CT molecular complexity index is 1060. The van der Waals surface area contributed by atoms with Crippen molar-refractivity contribution in [2.75, 3.05) is 40.6 Å². The molecule has 5 rings (SSSR count). The van der Waals surface area contributed by atoms with Gasteiger partial charge in [0.25, 0.3) is 0 Å². The molecule has 45 heavy (non-hydrogen) atoms. The Morgan fingerprint density at radius 2 is 1.04 bits per heavy atom. The quantitative estimate of drug-likeness (QED) is 0.103. The van der Waals surface area contributed by atoms with Crippen LogP contribution in [0.25, 0.3) is 0 Å². The molecule has 254 valence electrons. The highest BCUT2D eigenvalue weighted by Gasteiger charge is 2.64. The molecule has 0 amide bonds. The highest BCUT2D eigenvalue weighted by Crippen LogP contribution is 2.60. The van der Waals surface area contributed by atoms with Crippen LogP contribution >= 0.6 is 0 Å². The molecule has 2 saturated carbocycles. The molecule has 2 bridgehead atoms. The molecule has 3 aliphatic heterocycles. The van der Waals surface area contributed by atoms with Gasteiger partial charge in [-0.25, -0.2) is 9.59 Å². The van der Waals surface area contributed by atoms with E-state index in [1.165, 1.54) is 14.2 Å². The molecular weight excluding hydrogens is 608 g/mol. The first-order chi connectivity index (χ1) is 21.5. The molecule has 0 aromatic carbocycles. The third-order valence-corrected chi connectivity index (χ3v) is 9.79. The van der Waals surface area contributed by atoms with Crippen molar-refractivity contribution in [3.8, 4) is 0 Å². The van der Waals surface area contributed by atoms with E-state index in [2.05, 4.69) is 10.2 Å². The highest BCUT2D eigenvalue weighted by atomic mass is 16.7. The standard InChI is InChI=1S/C27H40N2O16/c1-40-24(38)16-14-8-3-9(15(14)17(29-28-16)25(39)41-2)11(7-43-27-23(37)21(35)19(33)13(5-31)45-27)10(8)6-42-26-22(36)20(34)18(32)12(4-30)44-26/h8-15,18-23,26-27,30-37H,3-7H2,1-2H3/t8-,9-,10?,11?,12-,13-,14?,15?,18+,19+,20+,21+,22-,23-,26-,27-/m1/s1. The highest BCUT2D eigenvalue weighted by molar-refractivity contribution is 6.43. The van der Waals surface area contributed by atoms with Crippen LogP contribution in [0.3, 0.4) is 0 Å². The van der Waals surface area contributed by atoms with E-state index in [1.54, 1.807) is 0 Å². The van der Waals surface area contributed by atoms with Gasteiger partial charge in [-0.2, -0.15) is 0 Å². The van der Waals surface area contributed by atoms with Gasteiger partial charge >= 0.3 is 11.9 Å². The van der Waals surface area contributed by atoms with Crippen molar-refractivity contribution < 1.29 is 78.9 Å². The van der Waals surface area contributed by atoms with Gasteiger partial charge in [-0.05, 0) is 30.1 Å². The maximum Gasteiger partial charge on any atom is 0.354 e. The lowest BCUT2D eigenvalue weighted by molar-refractivity contribution is -0.310. The number of methoxy groups -OCH3 is 2. The first kappa shape index (κ1) is 34.1. The van der Waals surface area contributed by atoms with Crippen molar-refractivity contribution in [3.05, 3.63) is 0 Å². The first-order valence-electron chi connectivity index (χ1n) is 14.6. The molecule has 4 fully saturated rings. The van der Waals surface area contributed by atoms with E-state index in [1.807, 2.05) is 0 Å². The fraction of sp³-hybridized carbons (Fsp3) is 0.852. The molecular formula is C27H40N2O16. The fourth-order valence-electron chi connectivity index (χ4n) is 7.52. The molecule has 0 radical (unpaired) electrons. The predicted molar refractivity (Wildman–Crippen MR) is 144 cm³/mol. The number of ether oxygens (including phenoxy) is 6. The zero-order valence-corrected chi connectivity index (χ0v) is 24.5. The largest absolute Gasteiger partial charge is 0.464 e. The molecule has 0 aromatic rings. The van der Waals surface area contributed by atoms with E-state index in [0.29, 0.717) is 6.42 Å². The Morgan fingerprint density at radius 1 is 0.667 bits per heavy atom. The number of rotatable bonds is 10. The Balaban J connectivity index is 1.42. The average molecular weight is 649 g/mol. The average Bonchev–Trinajstić information content (AvgIpc) is 3.61. The number of nitrogens with zero attached hydrogens (tertiary/aromatic N) is 2. The van der Waals surface area contributed by atoms with Crippen molar-refractivity contribution >= 4 is 23.4 Å². The molecule has 5 aliphatic rings. The van der Waals surface area contributed by atoms with Gasteiger partial charge in [0.05, 0.1) is 40.6 Å². The van der Waals surface area contributed by atoms with Gasteiger partial charge in [0.15, 0.2) is 24.0 Å². The van der Waals surface area contributed by atoms with Crippen LogP contribution in [0.2, 0.25) is 0 Å². The van der Waals surface area contributed by atoms with Gasteiger partial charge < -0.3 is 69.3 Å². The molecule has 18 heteroatoms. The second-order valence-electron chi connectivity index (χ2n) is 12.0. The predicted octanol–water partition coefficient (Wildman–Crippen LogP) is -5.11. The molecule has 18 nitrogen and oxygen atoms in total. The lowest BCUT2D eigenvalue weighted by atomic mass is 9.65. The van der Waals surface area contributed by atoms with E-state index in [0.717, 1.165) is 0 Å². The summed E-state index contributed by atoms with van der Waals surface area (Å²) in [5.74, 6) is -4.59. The van der Waals surface area contributed by atoms with E-state index < -0.39 is 122 Å². The topological polar surface area (TPSA) is 276 Å². The number of hydrogen-bond acceptors (Lipinski definition) is 18. The van der Waals surface area contributed by atoms with Crippen LogP contribution in [0, 0.1) is 35.5 Å². The molecule has 0 spiro atoms. The molecule has 0 aromatic heterocycles. The summed E-state index contributed by atoms with van der Waals surface area (Å²) in [5, 5.41) is 88.9. The Labute approximate surface area is 256 Å². The zero-order valence-electron chi connectivity index (χ0n) is 24.5. The normalized spacial score (nSPS) is 45.8. The van der Waals surface area contributed by atoms with Crippen molar-refractivity contribution in [1.82, 2.24) is 0 Å². The molecule has 8 N–H and O–H groups in total. The summed E-state index contributed by atoms with van der Waals surface area (Å²) in [4.78, 5) is 25.5. The minimum Gasteiger partial charge on any atom is -0.464 e. The molecule has 3 heterocycles. The maximum absolute atomic E-state index is 12.8. The molecule has 4 unspecified atom stereocenters. The van der Waals surface area contributed by atoms with Gasteiger partial charge in [0.2, 0.25) is 0 Å². The summed E-state index contributed by atoms with van der Waals surface area (Å²) in [7, 11) is 2.37. The van der Waals surface area contributed by atoms with Crippen LogP contribution in [0.5, 0.6) is 0 Å². The SMILES string of the molecule is COC(=O)C1=NN=C(C(=O)OC)C2C1[C@@H]1C[C@@H]2C(CO[C@@H]2O[C@H](CO)[C@H](O)[C@H](O)[C@H]2O)C1CO[C@@H]1O[C@H](CO)[C@H](O)[C@H](O)[C@H]1O. The van der Waals surface area contributed by atoms with Crippen LogP contribution in [0.1, 0.15) is 6.42 Å². The lowest BCUT2D eigenvalue weighted by Gasteiger charge is -2.44. The maximum atomic E-state index is 12.8. The van der Waals surface area contributed by atoms with Crippen LogP contribution in [0.4, 0.5) is 0 Å². The van der Waals surface area contributed by atoms with E-state index in [4.69, 9.17) is 28.4 Å². The van der Waals surface area contributed by atoms with Crippen LogP contribution in [-0.4, -0.2) is 166 Å². The number of carbonyl (C=O) groups excluding carboxylic acids is 2. The number of aliphatic hydroxyl groups is 8. The summed E-state index contributed by atoms with van der Waals surface area (Å²) in [6.07, 6.45) is -14.8. The summed E-state index contributed by atoms with van der Waals surface area (Å²) in [6, 6.07) is 0. The molecule has 2 saturated heterocycles. The van der Waals surface area contributed by atoms with Crippen molar-refractivity contribution in [3.63, 3.8) is 0 Å². The zero-order chi connectivity index (χ0) is 32.7.